The van der Waals surface area contributed by atoms with Crippen LogP contribution in [-0.4, -0.2) is 23.3 Å². The maximum atomic E-state index is 12.6. The maximum Gasteiger partial charge on any atom is 0.139 e. The summed E-state index contributed by atoms with van der Waals surface area (Å²) in [4.78, 5) is 12.6. The predicted molar refractivity (Wildman–Crippen MR) is 111 cm³/mol. The number of hydrogen-bond donors (Lipinski definition) is 1. The summed E-state index contributed by atoms with van der Waals surface area (Å²) in [5.74, 6) is 4.63. The van der Waals surface area contributed by atoms with Crippen LogP contribution in [0.15, 0.2) is 12.2 Å². The van der Waals surface area contributed by atoms with Gasteiger partial charge in [-0.1, -0.05) is 26.0 Å². The lowest BCUT2D eigenvalue weighted by molar-refractivity contribution is -0.135. The third-order valence-electron chi connectivity index (χ3n) is 8.99. The van der Waals surface area contributed by atoms with Crippen molar-refractivity contribution in [3.05, 3.63) is 12.2 Å². The fraction of sp³-hybridized carbons (Fsp3) is 0.870. The molecule has 4 rings (SSSR count). The minimum Gasteiger partial charge on any atom is -0.330 e. The van der Waals surface area contributed by atoms with Gasteiger partial charge < -0.3 is 5.73 Å². The van der Waals surface area contributed by atoms with Crippen molar-refractivity contribution >= 4 is 17.5 Å². The Bertz CT molecular complexity index is 589. The van der Waals surface area contributed by atoms with Crippen molar-refractivity contribution in [2.75, 3.05) is 12.3 Å². The smallest absolute Gasteiger partial charge is 0.139 e. The Balaban J connectivity index is 1.52. The number of rotatable bonds is 4. The molecule has 4 aliphatic rings. The van der Waals surface area contributed by atoms with Gasteiger partial charge in [-0.05, 0) is 92.8 Å². The molecule has 0 saturated heterocycles. The molecule has 4 aliphatic carbocycles. The van der Waals surface area contributed by atoms with Gasteiger partial charge in [-0.2, -0.15) is 11.8 Å². The van der Waals surface area contributed by atoms with Gasteiger partial charge in [0.15, 0.2) is 0 Å². The van der Waals surface area contributed by atoms with Crippen LogP contribution in [0.5, 0.6) is 0 Å². The highest BCUT2D eigenvalue weighted by molar-refractivity contribution is 7.99. The van der Waals surface area contributed by atoms with E-state index in [1.807, 2.05) is 0 Å². The molecular formula is C23H37NOS. The van der Waals surface area contributed by atoms with Crippen LogP contribution < -0.4 is 5.73 Å². The molecule has 0 radical (unpaired) electrons. The highest BCUT2D eigenvalue weighted by Crippen LogP contribution is 2.66. The minimum absolute atomic E-state index is 0.0140. The van der Waals surface area contributed by atoms with Crippen LogP contribution in [0.1, 0.15) is 71.6 Å². The molecule has 4 saturated carbocycles. The Labute approximate surface area is 164 Å². The average Bonchev–Trinajstić information content (AvgIpc) is 2.92. The van der Waals surface area contributed by atoms with Crippen LogP contribution >= 0.6 is 11.8 Å². The first-order valence-corrected chi connectivity index (χ1v) is 12.0. The molecular weight excluding hydrogens is 338 g/mol. The summed E-state index contributed by atoms with van der Waals surface area (Å²) in [5.41, 5.74) is 7.61. The van der Waals surface area contributed by atoms with Crippen LogP contribution in [0.3, 0.4) is 0 Å². The van der Waals surface area contributed by atoms with Crippen LogP contribution in [0.2, 0.25) is 0 Å². The number of thioether (sulfide) groups is 1. The van der Waals surface area contributed by atoms with E-state index in [1.54, 1.807) is 0 Å². The number of allylic oxidation sites excluding steroid dienone is 1. The van der Waals surface area contributed by atoms with Crippen molar-refractivity contribution in [2.24, 2.45) is 40.2 Å². The van der Waals surface area contributed by atoms with Gasteiger partial charge in [-0.25, -0.2) is 0 Å². The van der Waals surface area contributed by atoms with Crippen LogP contribution in [0, 0.1) is 34.5 Å². The second-order valence-electron chi connectivity index (χ2n) is 10.1. The number of ketones is 1. The van der Waals surface area contributed by atoms with E-state index in [1.165, 1.54) is 43.4 Å². The van der Waals surface area contributed by atoms with E-state index in [0.717, 1.165) is 49.3 Å². The number of carbonyl (C=O) groups excluding carboxylic acids is 1. The van der Waals surface area contributed by atoms with Gasteiger partial charge in [0.05, 0.1) is 0 Å². The molecule has 1 unspecified atom stereocenters. The summed E-state index contributed by atoms with van der Waals surface area (Å²) >= 11 is 2.16. The zero-order valence-corrected chi connectivity index (χ0v) is 17.6. The zero-order chi connectivity index (χ0) is 18.5. The van der Waals surface area contributed by atoms with Crippen molar-refractivity contribution in [3.8, 4) is 0 Å². The molecule has 0 aliphatic heterocycles. The second kappa shape index (κ2) is 6.95. The standard InChI is InChI=1S/C23H37NOS/c1-15-13-17-18-5-6-21(25)23(18,3)10-8-19(17)22(2)9-7-16(14-20(15)22)26-12-4-11-24/h16-20H,1,4-14,24H2,2-3H3/t16-,17+,18+,19+,20?,22-,23+/m1/s1. The van der Waals surface area contributed by atoms with Gasteiger partial charge in [0.1, 0.15) is 5.78 Å². The first-order valence-electron chi connectivity index (χ1n) is 10.9. The first kappa shape index (κ1) is 19.1. The van der Waals surface area contributed by atoms with E-state index in [2.05, 4.69) is 32.2 Å². The molecule has 0 bridgehead atoms. The summed E-state index contributed by atoms with van der Waals surface area (Å²) in [6.07, 6.45) is 10.8. The number of nitrogens with two attached hydrogens (primary N) is 1. The van der Waals surface area contributed by atoms with E-state index in [4.69, 9.17) is 5.73 Å². The summed E-state index contributed by atoms with van der Waals surface area (Å²) in [7, 11) is 0. The van der Waals surface area contributed by atoms with E-state index in [-0.39, 0.29) is 5.41 Å². The SMILES string of the molecule is C=C1C[C@@H]2[C@H](CC[C@]3(C)C(=O)CC[C@@H]23)[C@@]2(C)CC[C@@H](SCCCN)CC12. The van der Waals surface area contributed by atoms with E-state index in [0.29, 0.717) is 23.0 Å². The van der Waals surface area contributed by atoms with Gasteiger partial charge >= 0.3 is 0 Å². The zero-order valence-electron chi connectivity index (χ0n) is 16.8. The second-order valence-corrected chi connectivity index (χ2v) is 11.5. The number of hydrogen-bond acceptors (Lipinski definition) is 3. The summed E-state index contributed by atoms with van der Waals surface area (Å²) < 4.78 is 0. The van der Waals surface area contributed by atoms with Crippen molar-refractivity contribution in [2.45, 2.75) is 76.9 Å². The minimum atomic E-state index is -0.0140. The molecule has 146 valence electrons. The highest BCUT2D eigenvalue weighted by atomic mass is 32.2. The van der Waals surface area contributed by atoms with Gasteiger partial charge in [0, 0.05) is 17.1 Å². The lowest BCUT2D eigenvalue weighted by Crippen LogP contribution is -2.54. The summed E-state index contributed by atoms with van der Waals surface area (Å²) in [5, 5.41) is 0.801. The molecule has 26 heavy (non-hydrogen) atoms. The molecule has 0 heterocycles. The molecule has 0 aromatic rings. The van der Waals surface area contributed by atoms with Crippen molar-refractivity contribution < 1.29 is 4.79 Å². The third-order valence-corrected chi connectivity index (χ3v) is 10.4. The fourth-order valence-electron chi connectivity index (χ4n) is 7.46. The number of Topliss-reactive ketones (excluding diaryl/α,β-unsaturated/α-hetero) is 1. The molecule has 0 aromatic heterocycles. The van der Waals surface area contributed by atoms with Gasteiger partial charge in [0.2, 0.25) is 0 Å². The topological polar surface area (TPSA) is 43.1 Å². The van der Waals surface area contributed by atoms with Crippen molar-refractivity contribution in [3.63, 3.8) is 0 Å². The summed E-state index contributed by atoms with van der Waals surface area (Å²) in [6, 6.07) is 0. The fourth-order valence-corrected chi connectivity index (χ4v) is 8.74. The molecule has 0 amide bonds. The van der Waals surface area contributed by atoms with E-state index < -0.39 is 0 Å². The Kier molecular flexibility index (Phi) is 5.10. The summed E-state index contributed by atoms with van der Waals surface area (Å²) in [6.45, 7) is 10.3. The van der Waals surface area contributed by atoms with Gasteiger partial charge in [-0.15, -0.1) is 0 Å². The van der Waals surface area contributed by atoms with Crippen molar-refractivity contribution in [1.82, 2.24) is 0 Å². The molecule has 3 heteroatoms. The van der Waals surface area contributed by atoms with E-state index >= 15 is 0 Å². The van der Waals surface area contributed by atoms with Crippen LogP contribution in [0.4, 0.5) is 0 Å². The molecule has 7 atom stereocenters. The third kappa shape index (κ3) is 2.83. The predicted octanol–water partition coefficient (Wildman–Crippen LogP) is 5.21. The lowest BCUT2D eigenvalue weighted by atomic mass is 9.44. The molecule has 2 nitrogen and oxygen atoms in total. The monoisotopic (exact) mass is 375 g/mol. The van der Waals surface area contributed by atoms with Crippen LogP contribution in [-0.2, 0) is 4.79 Å². The number of carbonyl (C=O) groups is 1. The molecule has 0 spiro atoms. The highest BCUT2D eigenvalue weighted by Gasteiger charge is 2.60. The van der Waals surface area contributed by atoms with Gasteiger partial charge in [-0.3, -0.25) is 4.79 Å². The normalized spacial score (nSPS) is 48.0. The Hall–Kier alpha value is -0.280. The molecule has 0 aromatic carbocycles. The molecule has 2 N–H and O–H groups in total. The lowest BCUT2D eigenvalue weighted by Gasteiger charge is -2.61. The Morgan fingerprint density at radius 3 is 2.77 bits per heavy atom. The first-order chi connectivity index (χ1) is 12.4. The largest absolute Gasteiger partial charge is 0.330 e. The Morgan fingerprint density at radius 2 is 2.00 bits per heavy atom. The molecule has 4 fully saturated rings. The van der Waals surface area contributed by atoms with Crippen LogP contribution in [0.25, 0.3) is 0 Å². The van der Waals surface area contributed by atoms with E-state index in [9.17, 15) is 4.79 Å². The van der Waals surface area contributed by atoms with Crippen molar-refractivity contribution in [1.29, 1.82) is 0 Å². The Morgan fingerprint density at radius 1 is 1.19 bits per heavy atom. The quantitative estimate of drug-likeness (QED) is 0.541. The maximum absolute atomic E-state index is 12.6. The number of fused-ring (bicyclic) bond motifs is 5. The average molecular weight is 376 g/mol. The van der Waals surface area contributed by atoms with Gasteiger partial charge in [0.25, 0.3) is 0 Å².